The molecule has 4 rings (SSSR count). The Balaban J connectivity index is 1.84. The smallest absolute Gasteiger partial charge is 0.138 e. The Morgan fingerprint density at radius 2 is 1.79 bits per heavy atom. The van der Waals surface area contributed by atoms with Gasteiger partial charge in [-0.15, -0.1) is 0 Å². The average molecular weight is 401 g/mol. The number of hydrogen-bond acceptors (Lipinski definition) is 3. The molecular formula is C19H11BrClNO2. The Kier molecular flexibility index (Phi) is 3.79. The van der Waals surface area contributed by atoms with Gasteiger partial charge in [-0.2, -0.15) is 0 Å². The van der Waals surface area contributed by atoms with E-state index in [1.54, 1.807) is 18.5 Å². The highest BCUT2D eigenvalue weighted by molar-refractivity contribution is 9.10. The van der Waals surface area contributed by atoms with Crippen LogP contribution in [-0.2, 0) is 0 Å². The van der Waals surface area contributed by atoms with Crippen molar-refractivity contribution >= 4 is 39.4 Å². The van der Waals surface area contributed by atoms with Gasteiger partial charge in [-0.3, -0.25) is 4.98 Å². The van der Waals surface area contributed by atoms with Gasteiger partial charge in [0, 0.05) is 28.0 Å². The van der Waals surface area contributed by atoms with Crippen LogP contribution in [0.1, 0.15) is 11.1 Å². The van der Waals surface area contributed by atoms with E-state index in [-0.39, 0.29) is 5.76 Å². The molecule has 0 bridgehead atoms. The Morgan fingerprint density at radius 1 is 0.958 bits per heavy atom. The monoisotopic (exact) mass is 399 g/mol. The van der Waals surface area contributed by atoms with Crippen molar-refractivity contribution in [2.75, 3.05) is 0 Å². The zero-order valence-corrected chi connectivity index (χ0v) is 14.7. The van der Waals surface area contributed by atoms with Gasteiger partial charge in [0.05, 0.1) is 10.6 Å². The normalized spacial score (nSPS) is 12.5. The molecule has 1 aromatic heterocycles. The fraction of sp³-hybridized carbons (Fsp3) is 0. The molecule has 0 fully saturated rings. The van der Waals surface area contributed by atoms with E-state index < -0.39 is 0 Å². The van der Waals surface area contributed by atoms with Crippen LogP contribution in [0.25, 0.3) is 23.0 Å². The molecule has 0 aliphatic carbocycles. The molecule has 3 aromatic rings. The summed E-state index contributed by atoms with van der Waals surface area (Å²) in [4.78, 5) is 4.12. The number of ether oxygens (including phenoxy) is 1. The molecule has 1 aliphatic rings. The molecule has 3 nitrogen and oxygen atoms in total. The predicted molar refractivity (Wildman–Crippen MR) is 99.4 cm³/mol. The number of aliphatic hydroxyl groups is 1. The van der Waals surface area contributed by atoms with Crippen molar-refractivity contribution in [2.24, 2.45) is 0 Å². The number of rotatable bonds is 1. The van der Waals surface area contributed by atoms with Crippen LogP contribution in [0.4, 0.5) is 0 Å². The maximum absolute atomic E-state index is 10.4. The first-order valence-corrected chi connectivity index (χ1v) is 8.41. The molecule has 118 valence electrons. The minimum Gasteiger partial charge on any atom is -0.507 e. The third-order valence-corrected chi connectivity index (χ3v) is 4.48. The quantitative estimate of drug-likeness (QED) is 0.519. The number of aliphatic hydroxyl groups excluding tert-OH is 1. The summed E-state index contributed by atoms with van der Waals surface area (Å²) in [5, 5.41) is 11.0. The van der Waals surface area contributed by atoms with Gasteiger partial charge in [0.25, 0.3) is 0 Å². The lowest BCUT2D eigenvalue weighted by molar-refractivity contribution is 0.472. The van der Waals surface area contributed by atoms with Gasteiger partial charge in [-0.1, -0.05) is 33.6 Å². The molecule has 0 amide bonds. The van der Waals surface area contributed by atoms with Crippen LogP contribution in [0, 0.1) is 0 Å². The summed E-state index contributed by atoms with van der Waals surface area (Å²) in [7, 11) is 0. The SMILES string of the molecule is OC1=Cc2cc(-c3cncc(Cl)c3)ccc2Oc2ccc(Br)cc21. The molecule has 0 saturated carbocycles. The average Bonchev–Trinajstić information content (AvgIpc) is 2.70. The highest BCUT2D eigenvalue weighted by Gasteiger charge is 2.17. The molecule has 0 spiro atoms. The van der Waals surface area contributed by atoms with E-state index in [9.17, 15) is 5.11 Å². The van der Waals surface area contributed by atoms with Crippen LogP contribution in [0.15, 0.2) is 59.3 Å². The third kappa shape index (κ3) is 2.79. The van der Waals surface area contributed by atoms with E-state index >= 15 is 0 Å². The molecule has 1 N–H and O–H groups in total. The lowest BCUT2D eigenvalue weighted by Crippen LogP contribution is -1.89. The maximum atomic E-state index is 10.4. The van der Waals surface area contributed by atoms with Crippen LogP contribution in [0.2, 0.25) is 5.02 Å². The number of nitrogens with zero attached hydrogens (tertiary/aromatic N) is 1. The predicted octanol–water partition coefficient (Wildman–Crippen LogP) is 6.33. The number of fused-ring (bicyclic) bond motifs is 2. The number of aromatic nitrogens is 1. The second-order valence-electron chi connectivity index (χ2n) is 5.42. The molecule has 0 saturated heterocycles. The first-order valence-electron chi connectivity index (χ1n) is 7.23. The molecule has 1 aliphatic heterocycles. The molecular weight excluding hydrogens is 390 g/mol. The topological polar surface area (TPSA) is 42.4 Å². The number of pyridine rings is 1. The van der Waals surface area contributed by atoms with E-state index in [0.717, 1.165) is 21.2 Å². The minimum atomic E-state index is 0.159. The van der Waals surface area contributed by atoms with Crippen molar-refractivity contribution in [3.05, 3.63) is 75.5 Å². The highest BCUT2D eigenvalue weighted by Crippen LogP contribution is 2.39. The maximum Gasteiger partial charge on any atom is 0.138 e. The second-order valence-corrected chi connectivity index (χ2v) is 6.77. The van der Waals surface area contributed by atoms with Gasteiger partial charge in [0.1, 0.15) is 17.3 Å². The van der Waals surface area contributed by atoms with Crippen molar-refractivity contribution in [1.29, 1.82) is 0 Å². The second kappa shape index (κ2) is 5.96. The summed E-state index contributed by atoms with van der Waals surface area (Å²) in [6, 6.07) is 13.2. The summed E-state index contributed by atoms with van der Waals surface area (Å²) < 4.78 is 6.84. The molecule has 0 unspecified atom stereocenters. The van der Waals surface area contributed by atoms with E-state index in [1.165, 1.54) is 0 Å². The summed E-state index contributed by atoms with van der Waals surface area (Å²) >= 11 is 9.43. The fourth-order valence-electron chi connectivity index (χ4n) is 2.64. The lowest BCUT2D eigenvalue weighted by atomic mass is 10.0. The first kappa shape index (κ1) is 15.2. The molecule has 24 heavy (non-hydrogen) atoms. The molecule has 5 heteroatoms. The Morgan fingerprint density at radius 3 is 2.62 bits per heavy atom. The van der Waals surface area contributed by atoms with Crippen LogP contribution in [-0.4, -0.2) is 10.1 Å². The van der Waals surface area contributed by atoms with Crippen LogP contribution >= 0.6 is 27.5 Å². The molecule has 0 radical (unpaired) electrons. The number of halogens is 2. The fourth-order valence-corrected chi connectivity index (χ4v) is 3.17. The standard InChI is InChI=1S/C19H11BrClNO2/c20-14-2-4-19-16(8-14)17(23)7-12-5-11(1-3-18(12)24-19)13-6-15(21)10-22-9-13/h1-10,23H. The molecule has 0 atom stereocenters. The van der Waals surface area contributed by atoms with Gasteiger partial charge in [0.2, 0.25) is 0 Å². The summed E-state index contributed by atoms with van der Waals surface area (Å²) in [5.74, 6) is 1.45. The van der Waals surface area contributed by atoms with Crippen molar-refractivity contribution in [3.63, 3.8) is 0 Å². The molecule has 2 aromatic carbocycles. The Hall–Kier alpha value is -2.30. The zero-order valence-electron chi connectivity index (χ0n) is 12.3. The van der Waals surface area contributed by atoms with Crippen LogP contribution in [0.5, 0.6) is 11.5 Å². The van der Waals surface area contributed by atoms with Crippen LogP contribution < -0.4 is 4.74 Å². The molecule has 2 heterocycles. The summed E-state index contributed by atoms with van der Waals surface area (Å²) in [5.41, 5.74) is 3.29. The largest absolute Gasteiger partial charge is 0.507 e. The highest BCUT2D eigenvalue weighted by atomic mass is 79.9. The summed E-state index contributed by atoms with van der Waals surface area (Å²) in [6.07, 6.45) is 5.05. The van der Waals surface area contributed by atoms with Gasteiger partial charge in [-0.05, 0) is 48.0 Å². The first-order chi connectivity index (χ1) is 11.6. The lowest BCUT2D eigenvalue weighted by Gasteiger charge is -2.10. The Labute approximate surface area is 152 Å². The van der Waals surface area contributed by atoms with Crippen molar-refractivity contribution in [2.45, 2.75) is 0 Å². The van der Waals surface area contributed by atoms with Gasteiger partial charge in [0.15, 0.2) is 0 Å². The van der Waals surface area contributed by atoms with E-state index in [0.29, 0.717) is 22.1 Å². The van der Waals surface area contributed by atoms with Gasteiger partial charge in [-0.25, -0.2) is 0 Å². The van der Waals surface area contributed by atoms with E-state index in [1.807, 2.05) is 42.5 Å². The van der Waals surface area contributed by atoms with Gasteiger partial charge >= 0.3 is 0 Å². The van der Waals surface area contributed by atoms with E-state index in [4.69, 9.17) is 16.3 Å². The van der Waals surface area contributed by atoms with Gasteiger partial charge < -0.3 is 9.84 Å². The number of benzene rings is 2. The zero-order chi connectivity index (χ0) is 16.7. The third-order valence-electron chi connectivity index (χ3n) is 3.78. The minimum absolute atomic E-state index is 0.159. The Bertz CT molecular complexity index is 985. The van der Waals surface area contributed by atoms with Crippen molar-refractivity contribution < 1.29 is 9.84 Å². The number of hydrogen-bond donors (Lipinski definition) is 1. The van der Waals surface area contributed by atoms with E-state index in [2.05, 4.69) is 20.9 Å². The van der Waals surface area contributed by atoms with Crippen molar-refractivity contribution in [3.8, 4) is 22.6 Å². The van der Waals surface area contributed by atoms with Crippen LogP contribution in [0.3, 0.4) is 0 Å². The van der Waals surface area contributed by atoms with Crippen molar-refractivity contribution in [1.82, 2.24) is 4.98 Å². The summed E-state index contributed by atoms with van der Waals surface area (Å²) in [6.45, 7) is 0.